The number of rotatable bonds is 6. The van der Waals surface area contributed by atoms with Crippen LogP contribution in [0.2, 0.25) is 0 Å². The van der Waals surface area contributed by atoms with Crippen molar-refractivity contribution in [2.75, 3.05) is 0 Å². The van der Waals surface area contributed by atoms with Crippen molar-refractivity contribution in [2.24, 2.45) is 0 Å². The Bertz CT molecular complexity index is 740. The van der Waals surface area contributed by atoms with Crippen LogP contribution in [0.3, 0.4) is 0 Å². The third-order valence-electron chi connectivity index (χ3n) is 4.23. The zero-order chi connectivity index (χ0) is 16.1. The molecular weight excluding hydrogens is 302 g/mol. The van der Waals surface area contributed by atoms with Crippen LogP contribution >= 0.6 is 11.3 Å². The van der Waals surface area contributed by atoms with E-state index in [1.54, 1.807) is 17.5 Å². The molecule has 1 atom stereocenters. The van der Waals surface area contributed by atoms with Gasteiger partial charge in [-0.3, -0.25) is 4.98 Å². The fraction of sp³-hybridized carbons (Fsp3) is 0.263. The van der Waals surface area contributed by atoms with E-state index < -0.39 is 0 Å². The zero-order valence-corrected chi connectivity index (χ0v) is 14.3. The summed E-state index contributed by atoms with van der Waals surface area (Å²) in [7, 11) is 0. The summed E-state index contributed by atoms with van der Waals surface area (Å²) in [5.41, 5.74) is 2.37. The van der Waals surface area contributed by atoms with Gasteiger partial charge in [-0.25, -0.2) is 4.98 Å². The van der Waals surface area contributed by atoms with E-state index in [9.17, 15) is 0 Å². The number of pyridine rings is 1. The highest BCUT2D eigenvalue weighted by atomic mass is 32.1. The Morgan fingerprint density at radius 3 is 2.61 bits per heavy atom. The quantitative estimate of drug-likeness (QED) is 0.719. The van der Waals surface area contributed by atoms with Gasteiger partial charge in [-0.15, -0.1) is 11.3 Å². The van der Waals surface area contributed by atoms with Crippen LogP contribution in [0.25, 0.3) is 10.6 Å². The molecule has 0 aliphatic rings. The summed E-state index contributed by atoms with van der Waals surface area (Å²) < 4.78 is 0. The number of benzene rings is 1. The zero-order valence-electron chi connectivity index (χ0n) is 13.5. The lowest BCUT2D eigenvalue weighted by Gasteiger charge is -2.30. The molecule has 0 unspecified atom stereocenters. The van der Waals surface area contributed by atoms with Crippen LogP contribution in [0.1, 0.15) is 30.7 Å². The minimum Gasteiger partial charge on any atom is -0.303 e. The van der Waals surface area contributed by atoms with Gasteiger partial charge in [0, 0.05) is 41.1 Å². The SMILES string of the molecule is CC[C@@](C)(NCc1cnc(-c2cccnc2)s1)c1ccccc1. The summed E-state index contributed by atoms with van der Waals surface area (Å²) in [6.45, 7) is 5.29. The normalized spacial score (nSPS) is 13.7. The number of hydrogen-bond donors (Lipinski definition) is 1. The van der Waals surface area contributed by atoms with Crippen molar-refractivity contribution in [3.63, 3.8) is 0 Å². The van der Waals surface area contributed by atoms with Crippen molar-refractivity contribution >= 4 is 11.3 Å². The molecule has 0 radical (unpaired) electrons. The second-order valence-corrected chi connectivity index (χ2v) is 6.89. The first kappa shape index (κ1) is 15.8. The van der Waals surface area contributed by atoms with Gasteiger partial charge in [0.05, 0.1) is 0 Å². The molecule has 0 fully saturated rings. The summed E-state index contributed by atoms with van der Waals surface area (Å²) in [6.07, 6.45) is 6.63. The average molecular weight is 323 g/mol. The second-order valence-electron chi connectivity index (χ2n) is 5.78. The van der Waals surface area contributed by atoms with Crippen molar-refractivity contribution in [2.45, 2.75) is 32.4 Å². The molecule has 4 heteroatoms. The number of nitrogens with one attached hydrogen (secondary N) is 1. The van der Waals surface area contributed by atoms with Gasteiger partial charge in [-0.05, 0) is 31.0 Å². The topological polar surface area (TPSA) is 37.8 Å². The van der Waals surface area contributed by atoms with Gasteiger partial charge in [0.1, 0.15) is 5.01 Å². The largest absolute Gasteiger partial charge is 0.303 e. The highest BCUT2D eigenvalue weighted by Gasteiger charge is 2.23. The lowest BCUT2D eigenvalue weighted by atomic mass is 9.89. The molecule has 2 aromatic heterocycles. The van der Waals surface area contributed by atoms with E-state index in [2.05, 4.69) is 59.5 Å². The molecule has 3 rings (SSSR count). The third-order valence-corrected chi connectivity index (χ3v) is 5.28. The van der Waals surface area contributed by atoms with Crippen molar-refractivity contribution in [3.05, 3.63) is 71.5 Å². The molecule has 23 heavy (non-hydrogen) atoms. The van der Waals surface area contributed by atoms with Gasteiger partial charge in [0.25, 0.3) is 0 Å². The summed E-state index contributed by atoms with van der Waals surface area (Å²) in [4.78, 5) is 9.92. The lowest BCUT2D eigenvalue weighted by Crippen LogP contribution is -2.38. The Morgan fingerprint density at radius 2 is 1.91 bits per heavy atom. The molecular formula is C19H21N3S. The van der Waals surface area contributed by atoms with E-state index in [0.29, 0.717) is 0 Å². The summed E-state index contributed by atoms with van der Waals surface area (Å²) >= 11 is 1.72. The second kappa shape index (κ2) is 7.02. The van der Waals surface area contributed by atoms with Crippen LogP contribution in [0, 0.1) is 0 Å². The third kappa shape index (κ3) is 3.66. The predicted octanol–water partition coefficient (Wildman–Crippen LogP) is 4.62. The maximum absolute atomic E-state index is 4.52. The maximum Gasteiger partial charge on any atom is 0.125 e. The van der Waals surface area contributed by atoms with Crippen LogP contribution in [-0.2, 0) is 12.1 Å². The fourth-order valence-corrected chi connectivity index (χ4v) is 3.37. The Hall–Kier alpha value is -2.04. The first-order valence-electron chi connectivity index (χ1n) is 7.87. The van der Waals surface area contributed by atoms with Crippen LogP contribution in [0.4, 0.5) is 0 Å². The maximum atomic E-state index is 4.52. The van der Waals surface area contributed by atoms with E-state index in [1.165, 1.54) is 10.4 Å². The molecule has 0 aliphatic heterocycles. The number of thiazole rings is 1. The van der Waals surface area contributed by atoms with Gasteiger partial charge < -0.3 is 5.32 Å². The molecule has 0 saturated heterocycles. The van der Waals surface area contributed by atoms with E-state index in [0.717, 1.165) is 23.5 Å². The van der Waals surface area contributed by atoms with Gasteiger partial charge in [-0.2, -0.15) is 0 Å². The van der Waals surface area contributed by atoms with Gasteiger partial charge >= 0.3 is 0 Å². The van der Waals surface area contributed by atoms with E-state index in [-0.39, 0.29) is 5.54 Å². The van der Waals surface area contributed by atoms with Crippen LogP contribution < -0.4 is 5.32 Å². The summed E-state index contributed by atoms with van der Waals surface area (Å²) in [5, 5.41) is 4.72. The summed E-state index contributed by atoms with van der Waals surface area (Å²) in [5.74, 6) is 0. The number of aromatic nitrogens is 2. The lowest BCUT2D eigenvalue weighted by molar-refractivity contribution is 0.352. The molecule has 3 nitrogen and oxygen atoms in total. The summed E-state index contributed by atoms with van der Waals surface area (Å²) in [6, 6.07) is 14.6. The molecule has 2 heterocycles. The molecule has 1 N–H and O–H groups in total. The van der Waals surface area contributed by atoms with Gasteiger partial charge in [0.2, 0.25) is 0 Å². The number of nitrogens with zero attached hydrogens (tertiary/aromatic N) is 2. The highest BCUT2D eigenvalue weighted by molar-refractivity contribution is 7.15. The van der Waals surface area contributed by atoms with Crippen molar-refractivity contribution in [3.8, 4) is 10.6 Å². The van der Waals surface area contributed by atoms with E-state index in [1.807, 2.05) is 24.5 Å². The monoisotopic (exact) mass is 323 g/mol. The fourth-order valence-electron chi connectivity index (χ4n) is 2.53. The highest BCUT2D eigenvalue weighted by Crippen LogP contribution is 2.27. The van der Waals surface area contributed by atoms with Crippen molar-refractivity contribution in [1.29, 1.82) is 0 Å². The minimum absolute atomic E-state index is 0.0281. The van der Waals surface area contributed by atoms with Gasteiger partial charge in [0.15, 0.2) is 0 Å². The Balaban J connectivity index is 1.72. The molecule has 118 valence electrons. The number of hydrogen-bond acceptors (Lipinski definition) is 4. The van der Waals surface area contributed by atoms with Crippen molar-refractivity contribution in [1.82, 2.24) is 15.3 Å². The standard InChI is InChI=1S/C19H21N3S/c1-3-19(2,16-9-5-4-6-10-16)22-14-17-13-21-18(23-17)15-8-7-11-20-12-15/h4-13,22H,3,14H2,1-2H3/t19-/m1/s1. The molecule has 3 aromatic rings. The first-order valence-corrected chi connectivity index (χ1v) is 8.68. The molecule has 1 aromatic carbocycles. The minimum atomic E-state index is -0.0281. The molecule has 0 aliphatic carbocycles. The Labute approximate surface area is 141 Å². The predicted molar refractivity (Wildman–Crippen MR) is 96.3 cm³/mol. The first-order chi connectivity index (χ1) is 11.2. The van der Waals surface area contributed by atoms with Crippen LogP contribution in [0.5, 0.6) is 0 Å². The molecule has 0 bridgehead atoms. The molecule has 0 saturated carbocycles. The molecule has 0 amide bonds. The van der Waals surface area contributed by atoms with Gasteiger partial charge in [-0.1, -0.05) is 37.3 Å². The Morgan fingerprint density at radius 1 is 1.09 bits per heavy atom. The smallest absolute Gasteiger partial charge is 0.125 e. The van der Waals surface area contributed by atoms with Crippen LogP contribution in [0.15, 0.2) is 61.1 Å². The Kier molecular flexibility index (Phi) is 4.84. The van der Waals surface area contributed by atoms with Crippen LogP contribution in [-0.4, -0.2) is 9.97 Å². The molecule has 0 spiro atoms. The van der Waals surface area contributed by atoms with E-state index >= 15 is 0 Å². The van der Waals surface area contributed by atoms with Crippen molar-refractivity contribution < 1.29 is 0 Å². The van der Waals surface area contributed by atoms with E-state index in [4.69, 9.17) is 0 Å². The average Bonchev–Trinajstić information content (AvgIpc) is 3.10.